The fraction of sp³-hybridized carbons (Fsp3) is 0.435. The minimum atomic E-state index is -4.40. The molecule has 1 aromatic carbocycles. The zero-order chi connectivity index (χ0) is 25.8. The van der Waals surface area contributed by atoms with Crippen molar-refractivity contribution in [3.63, 3.8) is 0 Å². The summed E-state index contributed by atoms with van der Waals surface area (Å²) in [5.41, 5.74) is 0.485. The normalized spacial score (nSPS) is 14.0. The molecule has 3 rings (SSSR count). The molecule has 0 spiro atoms. The first-order valence-corrected chi connectivity index (χ1v) is 12.2. The molecule has 1 saturated heterocycles. The number of halogens is 3. The Hall–Kier alpha value is -2.86. The van der Waals surface area contributed by atoms with E-state index in [1.807, 2.05) is 9.80 Å². The molecule has 1 N–H and O–H groups in total. The molecule has 190 valence electrons. The summed E-state index contributed by atoms with van der Waals surface area (Å²) in [5, 5.41) is 3.79. The van der Waals surface area contributed by atoms with Gasteiger partial charge in [-0.3, -0.25) is 0 Å². The third kappa shape index (κ3) is 6.23. The summed E-state index contributed by atoms with van der Waals surface area (Å²) < 4.78 is 49.4. The molecular formula is C23H26F3N3O4S2. The van der Waals surface area contributed by atoms with Crippen LogP contribution in [0.1, 0.15) is 45.0 Å². The third-order valence-corrected chi connectivity index (χ3v) is 6.96. The number of thiocarbonyl (C=S) groups is 1. The number of ether oxygens (including phenoxy) is 2. The van der Waals surface area contributed by atoms with Crippen molar-refractivity contribution in [2.45, 2.75) is 26.9 Å². The van der Waals surface area contributed by atoms with Gasteiger partial charge in [0.15, 0.2) is 5.11 Å². The Morgan fingerprint density at radius 1 is 1.09 bits per heavy atom. The number of anilines is 2. The number of hydrogen-bond acceptors (Lipinski definition) is 7. The molecule has 0 bridgehead atoms. The first-order chi connectivity index (χ1) is 16.6. The highest BCUT2D eigenvalue weighted by atomic mass is 32.1. The summed E-state index contributed by atoms with van der Waals surface area (Å²) in [6.45, 7) is 7.26. The Morgan fingerprint density at radius 3 is 2.31 bits per heavy atom. The van der Waals surface area contributed by atoms with Crippen LogP contribution >= 0.6 is 23.6 Å². The van der Waals surface area contributed by atoms with Gasteiger partial charge in [0.2, 0.25) is 0 Å². The molecule has 0 radical (unpaired) electrons. The number of esters is 2. The van der Waals surface area contributed by atoms with Crippen LogP contribution in [0.5, 0.6) is 0 Å². The summed E-state index contributed by atoms with van der Waals surface area (Å²) in [6.07, 6.45) is -4.40. The molecule has 0 amide bonds. The number of nitrogens with one attached hydrogen (secondary N) is 1. The third-order valence-electron chi connectivity index (χ3n) is 5.41. The fourth-order valence-corrected chi connectivity index (χ4v) is 5.10. The van der Waals surface area contributed by atoms with Crippen LogP contribution in [0.2, 0.25) is 0 Å². The number of alkyl halides is 3. The molecule has 7 nitrogen and oxygen atoms in total. The molecule has 2 heterocycles. The number of carbonyl (C=O) groups excluding carboxylic acids is 2. The van der Waals surface area contributed by atoms with Gasteiger partial charge in [0.25, 0.3) is 0 Å². The molecule has 0 aliphatic carbocycles. The molecule has 1 aromatic heterocycles. The van der Waals surface area contributed by atoms with Crippen LogP contribution in [-0.2, 0) is 15.7 Å². The van der Waals surface area contributed by atoms with Crippen molar-refractivity contribution in [1.29, 1.82) is 0 Å². The molecule has 12 heteroatoms. The van der Waals surface area contributed by atoms with Gasteiger partial charge in [-0.05, 0) is 56.8 Å². The summed E-state index contributed by atoms with van der Waals surface area (Å²) in [4.78, 5) is 29.0. The second-order valence-corrected chi connectivity index (χ2v) is 9.06. The Kier molecular flexibility index (Phi) is 8.60. The Morgan fingerprint density at radius 2 is 1.71 bits per heavy atom. The number of benzene rings is 1. The van der Waals surface area contributed by atoms with E-state index in [2.05, 4.69) is 5.32 Å². The van der Waals surface area contributed by atoms with Gasteiger partial charge in [0.1, 0.15) is 9.88 Å². The summed E-state index contributed by atoms with van der Waals surface area (Å²) in [6, 6.07) is 5.24. The summed E-state index contributed by atoms with van der Waals surface area (Å²) >= 11 is 6.61. The molecule has 1 aliphatic rings. The van der Waals surface area contributed by atoms with Gasteiger partial charge in [0, 0.05) is 31.9 Å². The van der Waals surface area contributed by atoms with Crippen molar-refractivity contribution in [3.8, 4) is 0 Å². The minimum absolute atomic E-state index is 0.171. The van der Waals surface area contributed by atoms with Crippen molar-refractivity contribution in [3.05, 3.63) is 45.8 Å². The van der Waals surface area contributed by atoms with Crippen LogP contribution in [0, 0.1) is 6.92 Å². The van der Waals surface area contributed by atoms with Crippen LogP contribution in [0.4, 0.5) is 23.9 Å². The molecule has 35 heavy (non-hydrogen) atoms. The highest BCUT2D eigenvalue weighted by Crippen LogP contribution is 2.35. The van der Waals surface area contributed by atoms with E-state index in [0.717, 1.165) is 23.5 Å². The predicted molar refractivity (Wildman–Crippen MR) is 132 cm³/mol. The molecule has 0 atom stereocenters. The lowest BCUT2D eigenvalue weighted by atomic mass is 10.1. The highest BCUT2D eigenvalue weighted by Gasteiger charge is 2.32. The van der Waals surface area contributed by atoms with E-state index in [1.54, 1.807) is 26.8 Å². The van der Waals surface area contributed by atoms with Crippen molar-refractivity contribution in [1.82, 2.24) is 4.90 Å². The maximum atomic E-state index is 13.1. The second-order valence-electron chi connectivity index (χ2n) is 7.65. The SMILES string of the molecule is CCOC(=O)c1sc(NC(=S)N2CCN(c3cccc(C(F)(F)F)c3)CC2)c(C(=O)OCC)c1C. The maximum absolute atomic E-state index is 13.1. The van der Waals surface area contributed by atoms with E-state index in [4.69, 9.17) is 21.7 Å². The van der Waals surface area contributed by atoms with E-state index in [-0.39, 0.29) is 23.7 Å². The van der Waals surface area contributed by atoms with Crippen molar-refractivity contribution < 1.29 is 32.2 Å². The lowest BCUT2D eigenvalue weighted by Gasteiger charge is -2.37. The zero-order valence-electron chi connectivity index (χ0n) is 19.5. The molecule has 1 fully saturated rings. The van der Waals surface area contributed by atoms with Gasteiger partial charge in [-0.15, -0.1) is 11.3 Å². The number of rotatable bonds is 6. The molecule has 1 aliphatic heterocycles. The average molecular weight is 530 g/mol. The van der Waals surface area contributed by atoms with Crippen LogP contribution in [0.15, 0.2) is 24.3 Å². The lowest BCUT2D eigenvalue weighted by molar-refractivity contribution is -0.137. The minimum Gasteiger partial charge on any atom is -0.462 e. The lowest BCUT2D eigenvalue weighted by Crippen LogP contribution is -2.50. The van der Waals surface area contributed by atoms with Crippen molar-refractivity contribution >= 4 is 51.3 Å². The highest BCUT2D eigenvalue weighted by molar-refractivity contribution is 7.80. The number of nitrogens with zero attached hydrogens (tertiary/aromatic N) is 2. The van der Waals surface area contributed by atoms with Crippen LogP contribution < -0.4 is 10.2 Å². The van der Waals surface area contributed by atoms with Gasteiger partial charge in [0.05, 0.1) is 24.3 Å². The largest absolute Gasteiger partial charge is 0.462 e. The number of hydrogen-bond donors (Lipinski definition) is 1. The van der Waals surface area contributed by atoms with Crippen molar-refractivity contribution in [2.75, 3.05) is 49.6 Å². The van der Waals surface area contributed by atoms with Gasteiger partial charge in [-0.2, -0.15) is 13.2 Å². The van der Waals surface area contributed by atoms with Crippen LogP contribution in [0.3, 0.4) is 0 Å². The van der Waals surface area contributed by atoms with Gasteiger partial charge >= 0.3 is 18.1 Å². The molecule has 2 aromatic rings. The Labute approximate surface area is 210 Å². The predicted octanol–water partition coefficient (Wildman–Crippen LogP) is 4.95. The summed E-state index contributed by atoms with van der Waals surface area (Å²) in [7, 11) is 0. The second kappa shape index (κ2) is 11.3. The Balaban J connectivity index is 1.72. The Bertz CT molecular complexity index is 1100. The van der Waals surface area contributed by atoms with Gasteiger partial charge < -0.3 is 24.6 Å². The number of piperazine rings is 1. The topological polar surface area (TPSA) is 71.1 Å². The maximum Gasteiger partial charge on any atom is 0.416 e. The molecular weight excluding hydrogens is 503 g/mol. The van der Waals surface area contributed by atoms with E-state index in [9.17, 15) is 22.8 Å². The number of carbonyl (C=O) groups is 2. The van der Waals surface area contributed by atoms with E-state index in [0.29, 0.717) is 47.5 Å². The van der Waals surface area contributed by atoms with Gasteiger partial charge in [-0.1, -0.05) is 6.07 Å². The standard InChI is InChI=1S/C23H26F3N3O4S2/c1-4-32-20(30)17-14(3)18(21(31)33-5-2)35-19(17)27-22(34)29-11-9-28(10-12-29)16-8-6-7-15(13-16)23(24,25)26/h6-8,13H,4-5,9-12H2,1-3H3,(H,27,34). The van der Waals surface area contributed by atoms with E-state index in [1.165, 1.54) is 6.07 Å². The van der Waals surface area contributed by atoms with Crippen molar-refractivity contribution in [2.24, 2.45) is 0 Å². The average Bonchev–Trinajstić information content (AvgIpc) is 3.14. The van der Waals surface area contributed by atoms with Crippen LogP contribution in [0.25, 0.3) is 0 Å². The smallest absolute Gasteiger partial charge is 0.416 e. The summed E-state index contributed by atoms with van der Waals surface area (Å²) in [5.74, 6) is -1.11. The fourth-order valence-electron chi connectivity index (χ4n) is 3.66. The quantitative estimate of drug-likeness (QED) is 0.417. The monoisotopic (exact) mass is 529 g/mol. The van der Waals surface area contributed by atoms with Crippen LogP contribution in [-0.4, -0.2) is 61.3 Å². The number of thiophene rings is 1. The van der Waals surface area contributed by atoms with E-state index < -0.39 is 23.7 Å². The zero-order valence-corrected chi connectivity index (χ0v) is 21.2. The first kappa shape index (κ1) is 26.7. The molecule has 0 unspecified atom stereocenters. The first-order valence-electron chi connectivity index (χ1n) is 11.0. The van der Waals surface area contributed by atoms with E-state index >= 15 is 0 Å². The van der Waals surface area contributed by atoms with Gasteiger partial charge in [-0.25, -0.2) is 9.59 Å². The molecule has 0 saturated carbocycles.